The molecule has 0 N–H and O–H groups in total. The van der Waals surface area contributed by atoms with E-state index in [1.54, 1.807) is 0 Å². The normalized spacial score (nSPS) is 0. The Balaban J connectivity index is 0. The van der Waals surface area contributed by atoms with E-state index in [4.69, 9.17) is 0 Å². The average molecular weight is 509 g/mol. The fourth-order valence-corrected chi connectivity index (χ4v) is 0. The van der Waals surface area contributed by atoms with Crippen molar-refractivity contribution in [3.8, 4) is 0 Å². The predicted molar refractivity (Wildman–Crippen MR) is 17.3 cm³/mol. The maximum Gasteiger partial charge on any atom is 0 e. The molecule has 0 saturated carbocycles. The van der Waals surface area contributed by atoms with Gasteiger partial charge in [0.15, 0.2) is 0 Å². The summed E-state index contributed by atoms with van der Waals surface area (Å²) in [6.07, 6.45) is 0. The molecule has 4 heteroatoms. The Morgan fingerprint density at radius 1 is 1.00 bits per heavy atom. The molecule has 0 nitrogen and oxygen atoms in total. The van der Waals surface area contributed by atoms with Crippen LogP contribution in [0.2, 0.25) is 0 Å². The van der Waals surface area contributed by atoms with E-state index in [0.717, 1.165) is 0 Å². The molecule has 0 aliphatic rings. The van der Waals surface area contributed by atoms with Crippen LogP contribution in [-0.2, 0) is 22.4 Å². The van der Waals surface area contributed by atoms with E-state index in [2.05, 4.69) is 0 Å². The second-order valence-electron chi connectivity index (χ2n) is 0. The minimum atomic E-state index is 0. The molecule has 0 aliphatic carbocycles. The van der Waals surface area contributed by atoms with Crippen LogP contribution in [0.1, 0.15) is 0 Å². The number of rotatable bonds is 0. The van der Waals surface area contributed by atoms with Crippen LogP contribution in [0.25, 0.3) is 0 Å². The van der Waals surface area contributed by atoms with Crippen molar-refractivity contribution >= 4 is 69.2 Å². The van der Waals surface area contributed by atoms with Crippen molar-refractivity contribution in [1.29, 1.82) is 0 Å². The van der Waals surface area contributed by atoms with Gasteiger partial charge >= 0.3 is 0 Å². The maximum absolute atomic E-state index is 0. The third-order valence-electron chi connectivity index (χ3n) is 0. The average Bonchev–Trinajstić information content (AvgIpc) is 0. The van der Waals surface area contributed by atoms with Crippen LogP contribution in [0.5, 0.6) is 0 Å². The zero-order chi connectivity index (χ0) is 0. The molecule has 0 aromatic heterocycles. The molecule has 0 spiro atoms. The van der Waals surface area contributed by atoms with Gasteiger partial charge in [-0.05, 0) is 0 Å². The minimum absolute atomic E-state index is 0. The summed E-state index contributed by atoms with van der Waals surface area (Å²) in [6.45, 7) is 0. The summed E-state index contributed by atoms with van der Waals surface area (Å²) >= 11 is 0. The van der Waals surface area contributed by atoms with Crippen molar-refractivity contribution in [2.75, 3.05) is 0 Å². The van der Waals surface area contributed by atoms with Gasteiger partial charge in [-0.2, -0.15) is 0 Å². The molecule has 0 fully saturated rings. The van der Waals surface area contributed by atoms with E-state index in [0.29, 0.717) is 0 Å². The Hall–Kier alpha value is 3.02. The third-order valence-corrected chi connectivity index (χ3v) is 0. The summed E-state index contributed by atoms with van der Waals surface area (Å²) in [5.41, 5.74) is 0. The molecule has 0 amide bonds. The molecular weight excluding hydrogens is 509 g/mol. The van der Waals surface area contributed by atoms with Crippen molar-refractivity contribution in [2.45, 2.75) is 0 Å². The Labute approximate surface area is 89.8 Å². The van der Waals surface area contributed by atoms with Crippen LogP contribution in [0.15, 0.2) is 0 Å². The Morgan fingerprint density at radius 3 is 1.00 bits per heavy atom. The molecular formula is AgAsPbSn. The van der Waals surface area contributed by atoms with E-state index in [9.17, 15) is 0 Å². The largest absolute Gasteiger partial charge is 0 e. The molecule has 0 aliphatic heterocycles. The fourth-order valence-electron chi connectivity index (χ4n) is 0. The second-order valence-corrected chi connectivity index (χ2v) is 0. The summed E-state index contributed by atoms with van der Waals surface area (Å²) in [4.78, 5) is 0. The molecule has 24 valence electrons. The standard InChI is InChI=1S/Ag.As.Pb.Sn. The first-order chi connectivity index (χ1) is 0. The van der Waals surface area contributed by atoms with Crippen molar-refractivity contribution in [3.05, 3.63) is 0 Å². The molecule has 0 atom stereocenters. The van der Waals surface area contributed by atoms with Gasteiger partial charge in [-0.15, -0.1) is 0 Å². The summed E-state index contributed by atoms with van der Waals surface area (Å²) < 4.78 is 0. The minimum Gasteiger partial charge on any atom is 0 e. The molecule has 0 unspecified atom stereocenters. The Kier molecular flexibility index (Phi) is 116. The molecule has 0 heterocycles. The second kappa shape index (κ2) is 16.6. The van der Waals surface area contributed by atoms with Crippen LogP contribution in [-0.4, -0.2) is 69.2 Å². The van der Waals surface area contributed by atoms with Gasteiger partial charge < -0.3 is 0 Å². The van der Waals surface area contributed by atoms with Crippen molar-refractivity contribution in [2.24, 2.45) is 0 Å². The van der Waals surface area contributed by atoms with Crippen molar-refractivity contribution < 1.29 is 22.4 Å². The van der Waals surface area contributed by atoms with Gasteiger partial charge in [0.1, 0.15) is 0 Å². The van der Waals surface area contributed by atoms with E-state index in [-0.39, 0.29) is 91.5 Å². The zero-order valence-corrected chi connectivity index (χ0v) is 11.8. The third kappa shape index (κ3) is 8.89. The first-order valence-corrected chi connectivity index (χ1v) is 0. The summed E-state index contributed by atoms with van der Waals surface area (Å²) in [5.74, 6) is 0. The van der Waals surface area contributed by atoms with Crippen LogP contribution in [0.4, 0.5) is 0 Å². The predicted octanol–water partition coefficient (Wildman–Crippen LogP) is -1.14. The summed E-state index contributed by atoms with van der Waals surface area (Å²) in [7, 11) is 0. The molecule has 12 radical (unpaired) electrons. The van der Waals surface area contributed by atoms with Gasteiger partial charge in [0.2, 0.25) is 0 Å². The molecule has 0 rings (SSSR count). The van der Waals surface area contributed by atoms with Crippen LogP contribution >= 0.6 is 0 Å². The first kappa shape index (κ1) is 27.9. The van der Waals surface area contributed by atoms with Gasteiger partial charge in [-0.25, -0.2) is 0 Å². The molecule has 0 saturated heterocycles. The monoisotopic (exact) mass is 510 g/mol. The Bertz CT molecular complexity index is 8.00. The van der Waals surface area contributed by atoms with Crippen molar-refractivity contribution in [1.82, 2.24) is 0 Å². The van der Waals surface area contributed by atoms with E-state index < -0.39 is 0 Å². The molecule has 0 bridgehead atoms. The molecule has 4 heavy (non-hydrogen) atoms. The van der Waals surface area contributed by atoms with E-state index in [1.165, 1.54) is 0 Å². The summed E-state index contributed by atoms with van der Waals surface area (Å²) in [5, 5.41) is 0. The van der Waals surface area contributed by atoms with Gasteiger partial charge in [-0.1, -0.05) is 0 Å². The van der Waals surface area contributed by atoms with Gasteiger partial charge in [0.05, 0.1) is 0 Å². The number of hydrogen-bond acceptors (Lipinski definition) is 0. The van der Waals surface area contributed by atoms with Gasteiger partial charge in [-0.3, -0.25) is 0 Å². The van der Waals surface area contributed by atoms with E-state index in [1.807, 2.05) is 0 Å². The topological polar surface area (TPSA) is 0 Å². The quantitative estimate of drug-likeness (QED) is 0.363. The smallest absolute Gasteiger partial charge is 0 e. The number of hydrogen-bond donors (Lipinski definition) is 0. The van der Waals surface area contributed by atoms with Crippen LogP contribution < -0.4 is 0 Å². The first-order valence-electron chi connectivity index (χ1n) is 0. The van der Waals surface area contributed by atoms with Crippen LogP contribution in [0.3, 0.4) is 0 Å². The van der Waals surface area contributed by atoms with E-state index >= 15 is 0 Å². The van der Waals surface area contributed by atoms with Crippen LogP contribution in [0, 0.1) is 0 Å². The summed E-state index contributed by atoms with van der Waals surface area (Å²) in [6, 6.07) is 0. The fraction of sp³-hybridized carbons (Fsp3) is 0. The van der Waals surface area contributed by atoms with Gasteiger partial charge in [0, 0.05) is 91.5 Å². The zero-order valence-electron chi connectivity index (χ0n) is 1.75. The SMILES string of the molecule is [Ag].[As].[Pb].[Sn]. The van der Waals surface area contributed by atoms with Crippen molar-refractivity contribution in [3.63, 3.8) is 0 Å². The Morgan fingerprint density at radius 2 is 1.00 bits per heavy atom. The molecule has 0 aromatic rings. The van der Waals surface area contributed by atoms with Gasteiger partial charge in [0.25, 0.3) is 0 Å². The molecule has 0 aromatic carbocycles. The maximum atomic E-state index is 0.